The van der Waals surface area contributed by atoms with Crippen LogP contribution in [0, 0.1) is 12.7 Å². The van der Waals surface area contributed by atoms with Crippen molar-refractivity contribution >= 4 is 0 Å². The van der Waals surface area contributed by atoms with E-state index in [1.807, 2.05) is 26.0 Å². The number of nitrogens with zero attached hydrogens (tertiary/aromatic N) is 2. The third-order valence-corrected chi connectivity index (χ3v) is 2.81. The predicted molar refractivity (Wildman–Crippen MR) is 68.7 cm³/mol. The Bertz CT molecular complexity index is 514. The van der Waals surface area contributed by atoms with E-state index in [9.17, 15) is 4.39 Å². The number of benzene rings is 1. The van der Waals surface area contributed by atoms with Gasteiger partial charge in [-0.25, -0.2) is 4.39 Å². The van der Waals surface area contributed by atoms with Crippen molar-refractivity contribution < 1.29 is 4.39 Å². The maximum absolute atomic E-state index is 14.0. The van der Waals surface area contributed by atoms with Crippen molar-refractivity contribution in [1.29, 1.82) is 0 Å². The standard InChI is InChI=1S/C14H16FN3/c1-3-16-14(11-6-7-17-18-9-11)12-8-10(2)4-5-13(12)15/h4-9,14,16H,3H2,1-2H3. The van der Waals surface area contributed by atoms with Gasteiger partial charge in [0.05, 0.1) is 12.2 Å². The predicted octanol–water partition coefficient (Wildman–Crippen LogP) is 2.62. The van der Waals surface area contributed by atoms with Gasteiger partial charge in [0.1, 0.15) is 5.82 Å². The molecule has 0 saturated carbocycles. The van der Waals surface area contributed by atoms with E-state index in [4.69, 9.17) is 0 Å². The molecule has 0 saturated heterocycles. The Hall–Kier alpha value is -1.81. The normalized spacial score (nSPS) is 12.4. The van der Waals surface area contributed by atoms with Gasteiger partial charge in [0.15, 0.2) is 0 Å². The first-order valence-electron chi connectivity index (χ1n) is 5.98. The molecule has 1 atom stereocenters. The molecule has 2 rings (SSSR count). The zero-order chi connectivity index (χ0) is 13.0. The van der Waals surface area contributed by atoms with E-state index >= 15 is 0 Å². The van der Waals surface area contributed by atoms with Crippen LogP contribution in [0.5, 0.6) is 0 Å². The number of nitrogens with one attached hydrogen (secondary N) is 1. The van der Waals surface area contributed by atoms with E-state index in [-0.39, 0.29) is 11.9 Å². The molecule has 94 valence electrons. The Kier molecular flexibility index (Phi) is 3.99. The van der Waals surface area contributed by atoms with Gasteiger partial charge < -0.3 is 5.32 Å². The van der Waals surface area contributed by atoms with Gasteiger partial charge >= 0.3 is 0 Å². The summed E-state index contributed by atoms with van der Waals surface area (Å²) in [5.41, 5.74) is 2.59. The lowest BCUT2D eigenvalue weighted by Crippen LogP contribution is -2.23. The summed E-state index contributed by atoms with van der Waals surface area (Å²) in [4.78, 5) is 0. The minimum absolute atomic E-state index is 0.189. The molecule has 1 aromatic heterocycles. The minimum atomic E-state index is -0.205. The van der Waals surface area contributed by atoms with Crippen molar-refractivity contribution in [2.24, 2.45) is 0 Å². The van der Waals surface area contributed by atoms with Crippen LogP contribution in [0.4, 0.5) is 4.39 Å². The second kappa shape index (κ2) is 5.69. The molecule has 0 aliphatic heterocycles. The first-order chi connectivity index (χ1) is 8.72. The number of hydrogen-bond donors (Lipinski definition) is 1. The largest absolute Gasteiger partial charge is 0.306 e. The molecule has 0 radical (unpaired) electrons. The van der Waals surface area contributed by atoms with Crippen LogP contribution in [0.3, 0.4) is 0 Å². The maximum atomic E-state index is 14.0. The average Bonchev–Trinajstić information content (AvgIpc) is 2.40. The van der Waals surface area contributed by atoms with Crippen LogP contribution in [-0.4, -0.2) is 16.7 Å². The Morgan fingerprint density at radius 3 is 2.78 bits per heavy atom. The van der Waals surface area contributed by atoms with Gasteiger partial charge in [0.25, 0.3) is 0 Å². The lowest BCUT2D eigenvalue weighted by atomic mass is 9.98. The lowest BCUT2D eigenvalue weighted by Gasteiger charge is -2.19. The highest BCUT2D eigenvalue weighted by Gasteiger charge is 2.17. The SMILES string of the molecule is CCNC(c1ccnnc1)c1cc(C)ccc1F. The highest BCUT2D eigenvalue weighted by atomic mass is 19.1. The van der Waals surface area contributed by atoms with Gasteiger partial charge in [0, 0.05) is 11.8 Å². The van der Waals surface area contributed by atoms with Crippen LogP contribution >= 0.6 is 0 Å². The molecule has 0 spiro atoms. The first kappa shape index (κ1) is 12.6. The minimum Gasteiger partial charge on any atom is -0.306 e. The highest BCUT2D eigenvalue weighted by molar-refractivity contribution is 5.33. The van der Waals surface area contributed by atoms with Crippen LogP contribution in [-0.2, 0) is 0 Å². The molecule has 0 amide bonds. The van der Waals surface area contributed by atoms with Crippen LogP contribution in [0.1, 0.15) is 29.7 Å². The molecular weight excluding hydrogens is 229 g/mol. The number of hydrogen-bond acceptors (Lipinski definition) is 3. The molecule has 0 aliphatic carbocycles. The van der Waals surface area contributed by atoms with Gasteiger partial charge in [-0.05, 0) is 31.2 Å². The Morgan fingerprint density at radius 2 is 2.11 bits per heavy atom. The molecule has 1 N–H and O–H groups in total. The Labute approximate surface area is 106 Å². The summed E-state index contributed by atoms with van der Waals surface area (Å²) in [6.45, 7) is 4.70. The molecular formula is C14H16FN3. The summed E-state index contributed by atoms with van der Waals surface area (Å²) in [6, 6.07) is 6.80. The summed E-state index contributed by atoms with van der Waals surface area (Å²) in [7, 11) is 0. The second-order valence-corrected chi connectivity index (χ2v) is 4.19. The Balaban J connectivity index is 2.44. The van der Waals surface area contributed by atoms with Gasteiger partial charge in [-0.2, -0.15) is 10.2 Å². The van der Waals surface area contributed by atoms with E-state index < -0.39 is 0 Å². The van der Waals surface area contributed by atoms with Crippen molar-refractivity contribution in [1.82, 2.24) is 15.5 Å². The number of aryl methyl sites for hydroxylation is 1. The fourth-order valence-corrected chi connectivity index (χ4v) is 1.97. The molecule has 0 aliphatic rings. The van der Waals surface area contributed by atoms with Crippen molar-refractivity contribution in [3.8, 4) is 0 Å². The van der Waals surface area contributed by atoms with E-state index in [0.717, 1.165) is 17.7 Å². The summed E-state index contributed by atoms with van der Waals surface area (Å²) < 4.78 is 14.0. The zero-order valence-corrected chi connectivity index (χ0v) is 10.5. The third-order valence-electron chi connectivity index (χ3n) is 2.81. The van der Waals surface area contributed by atoms with E-state index in [1.165, 1.54) is 6.07 Å². The molecule has 18 heavy (non-hydrogen) atoms. The van der Waals surface area contributed by atoms with Gasteiger partial charge in [0.2, 0.25) is 0 Å². The molecule has 4 heteroatoms. The van der Waals surface area contributed by atoms with Crippen LogP contribution in [0.15, 0.2) is 36.7 Å². The van der Waals surface area contributed by atoms with Gasteiger partial charge in [-0.15, -0.1) is 0 Å². The lowest BCUT2D eigenvalue weighted by molar-refractivity contribution is 0.557. The third kappa shape index (κ3) is 2.71. The van der Waals surface area contributed by atoms with Crippen molar-refractivity contribution in [3.05, 3.63) is 59.2 Å². The smallest absolute Gasteiger partial charge is 0.128 e. The zero-order valence-electron chi connectivity index (χ0n) is 10.5. The molecule has 1 aromatic carbocycles. The van der Waals surface area contributed by atoms with Crippen molar-refractivity contribution in [3.63, 3.8) is 0 Å². The van der Waals surface area contributed by atoms with E-state index in [1.54, 1.807) is 18.5 Å². The van der Waals surface area contributed by atoms with Gasteiger partial charge in [-0.3, -0.25) is 0 Å². The van der Waals surface area contributed by atoms with Crippen LogP contribution in [0.2, 0.25) is 0 Å². The second-order valence-electron chi connectivity index (χ2n) is 4.19. The maximum Gasteiger partial charge on any atom is 0.128 e. The number of rotatable bonds is 4. The number of halogens is 1. The van der Waals surface area contributed by atoms with Crippen molar-refractivity contribution in [2.45, 2.75) is 19.9 Å². The Morgan fingerprint density at radius 1 is 1.28 bits per heavy atom. The monoisotopic (exact) mass is 245 g/mol. The summed E-state index contributed by atoms with van der Waals surface area (Å²) in [5.74, 6) is -0.205. The fourth-order valence-electron chi connectivity index (χ4n) is 1.97. The summed E-state index contributed by atoms with van der Waals surface area (Å²) in [5, 5.41) is 10.9. The fraction of sp³-hybridized carbons (Fsp3) is 0.286. The quantitative estimate of drug-likeness (QED) is 0.899. The molecule has 2 aromatic rings. The highest BCUT2D eigenvalue weighted by Crippen LogP contribution is 2.24. The molecule has 3 nitrogen and oxygen atoms in total. The van der Waals surface area contributed by atoms with E-state index in [0.29, 0.717) is 5.56 Å². The summed E-state index contributed by atoms with van der Waals surface area (Å²) in [6.07, 6.45) is 3.28. The molecule has 0 bridgehead atoms. The average molecular weight is 245 g/mol. The molecule has 0 fully saturated rings. The molecule has 1 unspecified atom stereocenters. The van der Waals surface area contributed by atoms with Crippen LogP contribution < -0.4 is 5.32 Å². The first-order valence-corrected chi connectivity index (χ1v) is 5.98. The number of aromatic nitrogens is 2. The van der Waals surface area contributed by atoms with Crippen LogP contribution in [0.25, 0.3) is 0 Å². The summed E-state index contributed by atoms with van der Waals surface area (Å²) >= 11 is 0. The van der Waals surface area contributed by atoms with Gasteiger partial charge in [-0.1, -0.05) is 24.6 Å². The van der Waals surface area contributed by atoms with Crippen molar-refractivity contribution in [2.75, 3.05) is 6.54 Å². The molecule has 1 heterocycles. The van der Waals surface area contributed by atoms with E-state index in [2.05, 4.69) is 15.5 Å². The topological polar surface area (TPSA) is 37.8 Å².